The highest BCUT2D eigenvalue weighted by Gasteiger charge is 2.39. The van der Waals surface area contributed by atoms with Crippen molar-refractivity contribution >= 4 is 16.7 Å². The monoisotopic (exact) mass is 343 g/mol. The summed E-state index contributed by atoms with van der Waals surface area (Å²) in [5.41, 5.74) is 3.81. The van der Waals surface area contributed by atoms with E-state index < -0.39 is 0 Å². The number of nitriles is 1. The summed E-state index contributed by atoms with van der Waals surface area (Å²) in [7, 11) is 0. The zero-order valence-corrected chi connectivity index (χ0v) is 15.0. The molecule has 2 atom stereocenters. The van der Waals surface area contributed by atoms with Gasteiger partial charge in [0.05, 0.1) is 17.7 Å². The van der Waals surface area contributed by atoms with Crippen molar-refractivity contribution in [1.29, 1.82) is 5.26 Å². The number of hydrogen-bond acceptors (Lipinski definition) is 4. The molecule has 26 heavy (non-hydrogen) atoms. The number of rotatable bonds is 5. The third kappa shape index (κ3) is 2.97. The number of ether oxygens (including phenoxy) is 1. The summed E-state index contributed by atoms with van der Waals surface area (Å²) in [6.45, 7) is 4.65. The summed E-state index contributed by atoms with van der Waals surface area (Å²) >= 11 is 0. The number of para-hydroxylation sites is 1. The lowest BCUT2D eigenvalue weighted by molar-refractivity contribution is 0.340. The van der Waals surface area contributed by atoms with Gasteiger partial charge in [0.2, 0.25) is 0 Å². The molecular formula is C22H21N3O. The maximum atomic E-state index is 9.62. The van der Waals surface area contributed by atoms with E-state index in [0.717, 1.165) is 28.6 Å². The van der Waals surface area contributed by atoms with E-state index >= 15 is 0 Å². The zero-order valence-electron chi connectivity index (χ0n) is 15.0. The maximum absolute atomic E-state index is 9.62. The molecule has 0 bridgehead atoms. The third-order valence-electron chi connectivity index (χ3n) is 4.97. The lowest BCUT2D eigenvalue weighted by Crippen LogP contribution is -2.09. The number of pyridine rings is 1. The minimum absolute atomic E-state index is 0.298. The van der Waals surface area contributed by atoms with Crippen molar-refractivity contribution < 1.29 is 4.74 Å². The van der Waals surface area contributed by atoms with Crippen LogP contribution < -0.4 is 10.1 Å². The van der Waals surface area contributed by atoms with Crippen molar-refractivity contribution in [1.82, 2.24) is 4.98 Å². The Morgan fingerprint density at radius 1 is 1.23 bits per heavy atom. The molecule has 0 amide bonds. The summed E-state index contributed by atoms with van der Waals surface area (Å²) in [6.07, 6.45) is 1.04. The number of benzene rings is 2. The van der Waals surface area contributed by atoms with Gasteiger partial charge in [0.15, 0.2) is 0 Å². The van der Waals surface area contributed by atoms with Gasteiger partial charge in [-0.25, -0.2) is 4.98 Å². The number of nitrogens with one attached hydrogen (secondary N) is 1. The van der Waals surface area contributed by atoms with E-state index in [2.05, 4.69) is 23.5 Å². The Kier molecular flexibility index (Phi) is 4.22. The van der Waals surface area contributed by atoms with Crippen molar-refractivity contribution in [3.8, 4) is 11.8 Å². The molecule has 1 N–H and O–H groups in total. The van der Waals surface area contributed by atoms with E-state index in [9.17, 15) is 5.26 Å². The molecule has 0 radical (unpaired) electrons. The van der Waals surface area contributed by atoms with E-state index in [4.69, 9.17) is 9.72 Å². The molecule has 4 heteroatoms. The molecule has 0 aliphatic heterocycles. The molecule has 0 unspecified atom stereocenters. The van der Waals surface area contributed by atoms with Gasteiger partial charge in [0.25, 0.3) is 0 Å². The fraction of sp³-hybridized carbons (Fsp3) is 0.273. The lowest BCUT2D eigenvalue weighted by Gasteiger charge is -2.12. The average molecular weight is 343 g/mol. The van der Waals surface area contributed by atoms with E-state index in [1.165, 1.54) is 5.56 Å². The third-order valence-corrected chi connectivity index (χ3v) is 4.97. The van der Waals surface area contributed by atoms with Crippen LogP contribution in [0.4, 0.5) is 5.82 Å². The topological polar surface area (TPSA) is 57.9 Å². The number of aryl methyl sites for hydroxylation is 1. The molecule has 0 spiro atoms. The molecule has 1 aliphatic carbocycles. The smallest absolute Gasteiger partial charge is 0.145 e. The van der Waals surface area contributed by atoms with E-state index in [0.29, 0.717) is 29.9 Å². The van der Waals surface area contributed by atoms with Gasteiger partial charge in [0.1, 0.15) is 17.6 Å². The number of aromatic nitrogens is 1. The lowest BCUT2D eigenvalue weighted by atomic mass is 10.0. The van der Waals surface area contributed by atoms with Crippen molar-refractivity contribution in [3.05, 3.63) is 65.2 Å². The second kappa shape index (κ2) is 6.68. The molecule has 1 aliphatic rings. The van der Waals surface area contributed by atoms with Crippen LogP contribution in [0.2, 0.25) is 0 Å². The number of hydrogen-bond donors (Lipinski definition) is 1. The molecule has 4 rings (SSSR count). The summed E-state index contributed by atoms with van der Waals surface area (Å²) in [5, 5.41) is 14.2. The SMILES string of the molecule is CCOc1cccc([C@@H]2C[C@H]2Nc2nc3ccccc3c(C)c2C#N)c1. The minimum atomic E-state index is 0.298. The van der Waals surface area contributed by atoms with Crippen LogP contribution in [-0.4, -0.2) is 17.6 Å². The number of fused-ring (bicyclic) bond motifs is 1. The van der Waals surface area contributed by atoms with Crippen LogP contribution in [0.15, 0.2) is 48.5 Å². The number of nitrogens with zero attached hydrogens (tertiary/aromatic N) is 2. The zero-order chi connectivity index (χ0) is 18.1. The first-order valence-corrected chi connectivity index (χ1v) is 9.00. The normalized spacial score (nSPS) is 18.3. The Labute approximate surface area is 153 Å². The minimum Gasteiger partial charge on any atom is -0.494 e. The first kappa shape index (κ1) is 16.4. The fourth-order valence-electron chi connectivity index (χ4n) is 3.52. The van der Waals surface area contributed by atoms with E-state index in [-0.39, 0.29) is 0 Å². The van der Waals surface area contributed by atoms with Gasteiger partial charge in [-0.05, 0) is 49.6 Å². The van der Waals surface area contributed by atoms with Crippen molar-refractivity contribution in [3.63, 3.8) is 0 Å². The van der Waals surface area contributed by atoms with Crippen molar-refractivity contribution in [2.75, 3.05) is 11.9 Å². The Bertz CT molecular complexity index is 1010. The van der Waals surface area contributed by atoms with Crippen molar-refractivity contribution in [2.45, 2.75) is 32.2 Å². The highest BCUT2D eigenvalue weighted by Crippen LogP contribution is 2.44. The highest BCUT2D eigenvalue weighted by atomic mass is 16.5. The summed E-state index contributed by atoms with van der Waals surface area (Å²) in [6, 6.07) is 18.9. The quantitative estimate of drug-likeness (QED) is 0.724. The Morgan fingerprint density at radius 3 is 2.88 bits per heavy atom. The largest absolute Gasteiger partial charge is 0.494 e. The second-order valence-electron chi connectivity index (χ2n) is 6.69. The predicted molar refractivity (Wildman–Crippen MR) is 104 cm³/mol. The Hall–Kier alpha value is -3.06. The summed E-state index contributed by atoms with van der Waals surface area (Å²) in [5.74, 6) is 2.03. The molecule has 1 aromatic heterocycles. The first-order chi connectivity index (χ1) is 12.7. The second-order valence-corrected chi connectivity index (χ2v) is 6.69. The van der Waals surface area contributed by atoms with Crippen LogP contribution in [0, 0.1) is 18.3 Å². The fourth-order valence-corrected chi connectivity index (χ4v) is 3.52. The van der Waals surface area contributed by atoms with Crippen molar-refractivity contribution in [2.24, 2.45) is 0 Å². The van der Waals surface area contributed by atoms with Gasteiger partial charge in [-0.1, -0.05) is 30.3 Å². The van der Waals surface area contributed by atoms with Gasteiger partial charge in [-0.2, -0.15) is 5.26 Å². The van der Waals surface area contributed by atoms with Crippen LogP contribution in [0.5, 0.6) is 5.75 Å². The van der Waals surface area contributed by atoms with Crippen LogP contribution in [0.1, 0.15) is 36.0 Å². The van der Waals surface area contributed by atoms with Gasteiger partial charge in [0, 0.05) is 17.3 Å². The van der Waals surface area contributed by atoms with Crippen LogP contribution in [0.3, 0.4) is 0 Å². The standard InChI is InChI=1S/C22H21N3O/c1-3-26-16-8-6-7-15(11-16)18-12-21(18)25-22-19(13-23)14(2)17-9-4-5-10-20(17)24-22/h4-11,18,21H,3,12H2,1-2H3,(H,24,25)/t18-,21+/m0/s1. The van der Waals surface area contributed by atoms with E-state index in [1.807, 2.05) is 50.2 Å². The van der Waals surface area contributed by atoms with Gasteiger partial charge in [-0.3, -0.25) is 0 Å². The van der Waals surface area contributed by atoms with Crippen LogP contribution in [0.25, 0.3) is 10.9 Å². The molecule has 4 nitrogen and oxygen atoms in total. The summed E-state index contributed by atoms with van der Waals surface area (Å²) < 4.78 is 5.60. The molecule has 2 aromatic carbocycles. The Morgan fingerprint density at radius 2 is 2.08 bits per heavy atom. The van der Waals surface area contributed by atoms with Crippen LogP contribution in [-0.2, 0) is 0 Å². The van der Waals surface area contributed by atoms with Gasteiger partial charge < -0.3 is 10.1 Å². The maximum Gasteiger partial charge on any atom is 0.145 e. The van der Waals surface area contributed by atoms with Gasteiger partial charge in [-0.15, -0.1) is 0 Å². The molecule has 1 fully saturated rings. The van der Waals surface area contributed by atoms with E-state index in [1.54, 1.807) is 0 Å². The molecule has 1 saturated carbocycles. The molecular weight excluding hydrogens is 322 g/mol. The molecule has 0 saturated heterocycles. The average Bonchev–Trinajstić information content (AvgIpc) is 3.42. The molecule has 1 heterocycles. The first-order valence-electron chi connectivity index (χ1n) is 9.00. The highest BCUT2D eigenvalue weighted by molar-refractivity contribution is 5.87. The van der Waals surface area contributed by atoms with Crippen LogP contribution >= 0.6 is 0 Å². The number of anilines is 1. The molecule has 3 aromatic rings. The summed E-state index contributed by atoms with van der Waals surface area (Å²) in [4.78, 5) is 4.70. The molecule has 130 valence electrons. The predicted octanol–water partition coefficient (Wildman–Crippen LogP) is 4.78. The van der Waals surface area contributed by atoms with Gasteiger partial charge >= 0.3 is 0 Å². The Balaban J connectivity index is 1.59.